The normalized spacial score (nSPS) is 18.9. The highest BCUT2D eigenvalue weighted by molar-refractivity contribution is 5.91. The monoisotopic (exact) mass is 294 g/mol. The molecule has 0 atom stereocenters. The molecule has 1 fully saturated rings. The van der Waals surface area contributed by atoms with Gasteiger partial charge in [-0.1, -0.05) is 0 Å². The van der Waals surface area contributed by atoms with E-state index >= 15 is 0 Å². The second-order valence-electron chi connectivity index (χ2n) is 5.87. The highest BCUT2D eigenvalue weighted by atomic mass is 16.4. The molecule has 21 heavy (non-hydrogen) atoms. The van der Waals surface area contributed by atoms with E-state index in [0.717, 1.165) is 12.1 Å². The molecule has 0 aromatic carbocycles. The number of piperazine rings is 1. The number of likely N-dealkylation sites (N-methyl/N-ethyl adjacent to an activating group) is 1. The molecule has 0 spiro atoms. The van der Waals surface area contributed by atoms with E-state index in [0.29, 0.717) is 18.8 Å². The second-order valence-corrected chi connectivity index (χ2v) is 5.87. The van der Waals surface area contributed by atoms with Crippen molar-refractivity contribution < 1.29 is 14.0 Å². The summed E-state index contributed by atoms with van der Waals surface area (Å²) in [5.41, 5.74) is 2.36. The van der Waals surface area contributed by atoms with Crippen LogP contribution in [0.15, 0.2) is 10.5 Å². The summed E-state index contributed by atoms with van der Waals surface area (Å²) in [7, 11) is 1.81. The molecule has 0 aliphatic carbocycles. The standard InChI is InChI=1S/C14H22N4O3/c1-9-10(7-11(21-9)12(19)16-15)8-18-6-5-17(4)13(20)14(18,2)3/h7H,5-6,8,15H2,1-4H3,(H,16,19). The van der Waals surface area contributed by atoms with E-state index in [1.165, 1.54) is 0 Å². The third-order valence-corrected chi connectivity index (χ3v) is 4.10. The number of hydrazine groups is 1. The number of nitrogens with two attached hydrogens (primary N) is 1. The number of hydrogen-bond acceptors (Lipinski definition) is 5. The lowest BCUT2D eigenvalue weighted by molar-refractivity contribution is -0.147. The Labute approximate surface area is 124 Å². The fourth-order valence-corrected chi connectivity index (χ4v) is 2.60. The van der Waals surface area contributed by atoms with Crippen molar-refractivity contribution in [1.82, 2.24) is 15.2 Å². The van der Waals surface area contributed by atoms with Gasteiger partial charge in [0.25, 0.3) is 0 Å². The molecule has 0 unspecified atom stereocenters. The highest BCUT2D eigenvalue weighted by Crippen LogP contribution is 2.26. The molecule has 2 amide bonds. The Hall–Kier alpha value is -1.86. The summed E-state index contributed by atoms with van der Waals surface area (Å²) in [6.45, 7) is 7.64. The van der Waals surface area contributed by atoms with Gasteiger partial charge >= 0.3 is 5.91 Å². The first-order chi connectivity index (χ1) is 9.77. The van der Waals surface area contributed by atoms with Gasteiger partial charge in [-0.3, -0.25) is 19.9 Å². The van der Waals surface area contributed by atoms with E-state index in [9.17, 15) is 9.59 Å². The zero-order chi connectivity index (χ0) is 15.8. The van der Waals surface area contributed by atoms with Gasteiger partial charge in [-0.2, -0.15) is 0 Å². The summed E-state index contributed by atoms with van der Waals surface area (Å²) in [5, 5.41) is 0. The average molecular weight is 294 g/mol. The molecule has 1 aromatic heterocycles. The van der Waals surface area contributed by atoms with Crippen LogP contribution in [0.4, 0.5) is 0 Å². The number of nitrogen functional groups attached to an aromatic ring is 1. The van der Waals surface area contributed by atoms with Gasteiger partial charge in [-0.05, 0) is 26.8 Å². The largest absolute Gasteiger partial charge is 0.456 e. The summed E-state index contributed by atoms with van der Waals surface area (Å²) in [4.78, 5) is 27.6. The van der Waals surface area contributed by atoms with Gasteiger partial charge in [0.15, 0.2) is 5.76 Å². The minimum absolute atomic E-state index is 0.0924. The van der Waals surface area contributed by atoms with E-state index in [1.54, 1.807) is 17.9 Å². The first kappa shape index (κ1) is 15.5. The predicted molar refractivity (Wildman–Crippen MR) is 77.2 cm³/mol. The molecule has 0 bridgehead atoms. The van der Waals surface area contributed by atoms with E-state index in [-0.39, 0.29) is 11.7 Å². The summed E-state index contributed by atoms with van der Waals surface area (Å²) in [5.74, 6) is 5.58. The predicted octanol–water partition coefficient (Wildman–Crippen LogP) is 0.244. The van der Waals surface area contributed by atoms with Gasteiger partial charge in [0.05, 0.1) is 5.54 Å². The van der Waals surface area contributed by atoms with Crippen LogP contribution in [0.2, 0.25) is 0 Å². The Kier molecular flexibility index (Phi) is 4.06. The van der Waals surface area contributed by atoms with Crippen molar-refractivity contribution in [3.05, 3.63) is 23.2 Å². The SMILES string of the molecule is Cc1oc(C(=O)NN)cc1CN1CCN(C)C(=O)C1(C)C. The smallest absolute Gasteiger partial charge is 0.300 e. The zero-order valence-electron chi connectivity index (χ0n) is 12.9. The van der Waals surface area contributed by atoms with Crippen LogP contribution in [-0.2, 0) is 11.3 Å². The van der Waals surface area contributed by atoms with Crippen molar-refractivity contribution in [3.63, 3.8) is 0 Å². The molecule has 7 heteroatoms. The number of carbonyl (C=O) groups excluding carboxylic acids is 2. The second kappa shape index (κ2) is 5.50. The van der Waals surface area contributed by atoms with Crippen LogP contribution < -0.4 is 11.3 Å². The van der Waals surface area contributed by atoms with Crippen LogP contribution in [-0.4, -0.2) is 47.3 Å². The Morgan fingerprint density at radius 2 is 2.14 bits per heavy atom. The summed E-state index contributed by atoms with van der Waals surface area (Å²) >= 11 is 0. The van der Waals surface area contributed by atoms with Gasteiger partial charge < -0.3 is 9.32 Å². The maximum Gasteiger partial charge on any atom is 0.300 e. The van der Waals surface area contributed by atoms with E-state index < -0.39 is 11.4 Å². The molecule has 7 nitrogen and oxygen atoms in total. The summed E-state index contributed by atoms with van der Waals surface area (Å²) in [6, 6.07) is 1.68. The van der Waals surface area contributed by atoms with Crippen LogP contribution in [0.25, 0.3) is 0 Å². The fourth-order valence-electron chi connectivity index (χ4n) is 2.60. The van der Waals surface area contributed by atoms with Gasteiger partial charge in [0.2, 0.25) is 5.91 Å². The molecule has 0 saturated carbocycles. The van der Waals surface area contributed by atoms with E-state index in [4.69, 9.17) is 10.3 Å². The lowest BCUT2D eigenvalue weighted by Crippen LogP contribution is -2.61. The molecule has 2 heterocycles. The number of amides is 2. The van der Waals surface area contributed by atoms with Crippen LogP contribution in [0, 0.1) is 6.92 Å². The third-order valence-electron chi connectivity index (χ3n) is 4.10. The molecular weight excluding hydrogens is 272 g/mol. The molecule has 2 rings (SSSR count). The third kappa shape index (κ3) is 2.79. The Morgan fingerprint density at radius 1 is 1.48 bits per heavy atom. The molecule has 1 saturated heterocycles. The number of aryl methyl sites for hydroxylation is 1. The van der Waals surface area contributed by atoms with Crippen molar-refractivity contribution in [3.8, 4) is 0 Å². The quantitative estimate of drug-likeness (QED) is 0.473. The average Bonchev–Trinajstić information content (AvgIpc) is 2.80. The number of hydrogen-bond donors (Lipinski definition) is 2. The van der Waals surface area contributed by atoms with Gasteiger partial charge in [0, 0.05) is 32.2 Å². The van der Waals surface area contributed by atoms with Crippen molar-refractivity contribution in [2.45, 2.75) is 32.9 Å². The van der Waals surface area contributed by atoms with Gasteiger partial charge in [-0.25, -0.2) is 5.84 Å². The van der Waals surface area contributed by atoms with Crippen molar-refractivity contribution in [1.29, 1.82) is 0 Å². The summed E-state index contributed by atoms with van der Waals surface area (Å²) < 4.78 is 5.41. The van der Waals surface area contributed by atoms with E-state index in [2.05, 4.69) is 4.90 Å². The molecule has 1 aromatic rings. The minimum Gasteiger partial charge on any atom is -0.456 e. The highest BCUT2D eigenvalue weighted by Gasteiger charge is 2.40. The molecule has 1 aliphatic heterocycles. The number of nitrogens with one attached hydrogen (secondary N) is 1. The van der Waals surface area contributed by atoms with Gasteiger partial charge in [-0.15, -0.1) is 0 Å². The molecular formula is C14H22N4O3. The number of furan rings is 1. The zero-order valence-corrected chi connectivity index (χ0v) is 12.9. The first-order valence-corrected chi connectivity index (χ1v) is 6.88. The molecule has 0 radical (unpaired) electrons. The first-order valence-electron chi connectivity index (χ1n) is 6.88. The van der Waals surface area contributed by atoms with Crippen LogP contribution >= 0.6 is 0 Å². The lowest BCUT2D eigenvalue weighted by Gasteiger charge is -2.44. The molecule has 1 aliphatic rings. The topological polar surface area (TPSA) is 91.8 Å². The molecule has 3 N–H and O–H groups in total. The number of nitrogens with zero attached hydrogens (tertiary/aromatic N) is 2. The summed E-state index contributed by atoms with van der Waals surface area (Å²) in [6.07, 6.45) is 0. The van der Waals surface area contributed by atoms with E-state index in [1.807, 2.05) is 26.3 Å². The minimum atomic E-state index is -0.576. The van der Waals surface area contributed by atoms with Crippen molar-refractivity contribution >= 4 is 11.8 Å². The fraction of sp³-hybridized carbons (Fsp3) is 0.571. The molecule has 116 valence electrons. The Balaban J connectivity index is 2.20. The lowest BCUT2D eigenvalue weighted by atomic mass is 9.97. The number of rotatable bonds is 3. The van der Waals surface area contributed by atoms with Crippen LogP contribution in [0.5, 0.6) is 0 Å². The van der Waals surface area contributed by atoms with Gasteiger partial charge in [0.1, 0.15) is 5.76 Å². The van der Waals surface area contributed by atoms with Crippen molar-refractivity contribution in [2.75, 3.05) is 20.1 Å². The van der Waals surface area contributed by atoms with Crippen molar-refractivity contribution in [2.24, 2.45) is 5.84 Å². The maximum atomic E-state index is 12.3. The van der Waals surface area contributed by atoms with Crippen LogP contribution in [0.1, 0.15) is 35.7 Å². The Bertz CT molecular complexity index is 565. The van der Waals surface area contributed by atoms with Crippen LogP contribution in [0.3, 0.4) is 0 Å². The number of carbonyl (C=O) groups is 2. The Morgan fingerprint density at radius 3 is 2.76 bits per heavy atom. The maximum absolute atomic E-state index is 12.3.